The van der Waals surface area contributed by atoms with E-state index < -0.39 is 0 Å². The molecule has 1 aromatic carbocycles. The van der Waals surface area contributed by atoms with Crippen molar-refractivity contribution in [3.05, 3.63) is 23.8 Å². The molecule has 6 heteroatoms. The lowest BCUT2D eigenvalue weighted by molar-refractivity contribution is 0.286. The molecule has 0 aliphatic heterocycles. The van der Waals surface area contributed by atoms with E-state index in [1.807, 2.05) is 18.2 Å². The third kappa shape index (κ3) is 5.60. The van der Waals surface area contributed by atoms with Crippen LogP contribution in [-0.4, -0.2) is 57.3 Å². The average molecular weight is 334 g/mol. The van der Waals surface area contributed by atoms with E-state index in [9.17, 15) is 0 Å². The molecular formula is C18H30N4O2. The monoisotopic (exact) mass is 334 g/mol. The van der Waals surface area contributed by atoms with Crippen LogP contribution in [-0.2, 0) is 6.42 Å². The van der Waals surface area contributed by atoms with Crippen LogP contribution in [0.15, 0.2) is 23.2 Å². The number of likely N-dealkylation sites (N-methyl/N-ethyl adjacent to an activating group) is 1. The van der Waals surface area contributed by atoms with Gasteiger partial charge in [-0.15, -0.1) is 0 Å². The minimum absolute atomic E-state index is 0.516. The highest BCUT2D eigenvalue weighted by molar-refractivity contribution is 5.77. The number of guanidine groups is 1. The molecule has 0 atom stereocenters. The van der Waals surface area contributed by atoms with Gasteiger partial charge >= 0.3 is 0 Å². The summed E-state index contributed by atoms with van der Waals surface area (Å²) in [6, 6.07) is 6.72. The Bertz CT molecular complexity index is 544. The Hall–Kier alpha value is -1.95. The summed E-state index contributed by atoms with van der Waals surface area (Å²) in [5.41, 5.74) is 7.10. The molecule has 3 N–H and O–H groups in total. The maximum Gasteiger partial charge on any atom is 0.188 e. The Balaban J connectivity index is 1.71. The van der Waals surface area contributed by atoms with Gasteiger partial charge in [-0.25, -0.2) is 0 Å². The van der Waals surface area contributed by atoms with Gasteiger partial charge in [0.2, 0.25) is 0 Å². The van der Waals surface area contributed by atoms with Gasteiger partial charge in [-0.05, 0) is 43.5 Å². The fourth-order valence-electron chi connectivity index (χ4n) is 2.76. The minimum atomic E-state index is 0.516. The largest absolute Gasteiger partial charge is 0.493 e. The van der Waals surface area contributed by atoms with E-state index in [2.05, 4.69) is 22.1 Å². The molecule has 1 saturated carbocycles. The zero-order valence-electron chi connectivity index (χ0n) is 15.0. The zero-order valence-corrected chi connectivity index (χ0v) is 15.0. The molecule has 1 fully saturated rings. The Morgan fingerprint density at radius 1 is 1.29 bits per heavy atom. The van der Waals surface area contributed by atoms with Crippen molar-refractivity contribution in [2.75, 3.05) is 40.4 Å². The number of nitrogens with zero attached hydrogens (tertiary/aromatic N) is 2. The summed E-state index contributed by atoms with van der Waals surface area (Å²) in [5, 5.41) is 3.17. The summed E-state index contributed by atoms with van der Waals surface area (Å²) in [6.07, 6.45) is 3.51. The van der Waals surface area contributed by atoms with Crippen molar-refractivity contribution in [2.45, 2.75) is 32.2 Å². The van der Waals surface area contributed by atoms with Gasteiger partial charge in [0.15, 0.2) is 17.5 Å². The van der Waals surface area contributed by atoms with E-state index in [1.165, 1.54) is 18.4 Å². The highest BCUT2D eigenvalue weighted by atomic mass is 16.5. The number of methoxy groups -OCH3 is 2. The lowest BCUT2D eigenvalue weighted by atomic mass is 10.1. The molecule has 0 saturated heterocycles. The number of nitrogens with one attached hydrogen (secondary N) is 1. The first-order valence-electron chi connectivity index (χ1n) is 8.66. The van der Waals surface area contributed by atoms with E-state index in [0.29, 0.717) is 5.96 Å². The van der Waals surface area contributed by atoms with Crippen molar-refractivity contribution >= 4 is 5.96 Å². The van der Waals surface area contributed by atoms with Crippen LogP contribution in [0.2, 0.25) is 0 Å². The third-order valence-corrected chi connectivity index (χ3v) is 4.31. The van der Waals surface area contributed by atoms with E-state index in [1.54, 1.807) is 14.2 Å². The molecule has 0 radical (unpaired) electrons. The number of benzene rings is 1. The standard InChI is InChI=1S/C18H30N4O2/c1-4-22(15-6-7-15)12-11-21-18(19)20-10-9-14-5-8-16(23-2)17(13-14)24-3/h5,8,13,15H,4,6-7,9-12H2,1-3H3,(H3,19,20,21). The minimum Gasteiger partial charge on any atom is -0.493 e. The fraction of sp³-hybridized carbons (Fsp3) is 0.611. The van der Waals surface area contributed by atoms with Crippen molar-refractivity contribution < 1.29 is 9.47 Å². The van der Waals surface area contributed by atoms with E-state index in [4.69, 9.17) is 15.2 Å². The number of hydrogen-bond acceptors (Lipinski definition) is 4. The first-order valence-corrected chi connectivity index (χ1v) is 8.66. The van der Waals surface area contributed by atoms with E-state index >= 15 is 0 Å². The van der Waals surface area contributed by atoms with Crippen LogP contribution in [0, 0.1) is 0 Å². The highest BCUT2D eigenvalue weighted by Gasteiger charge is 2.26. The molecule has 0 amide bonds. The summed E-state index contributed by atoms with van der Waals surface area (Å²) in [4.78, 5) is 6.88. The van der Waals surface area contributed by atoms with Crippen LogP contribution < -0.4 is 20.5 Å². The van der Waals surface area contributed by atoms with Crippen molar-refractivity contribution in [3.63, 3.8) is 0 Å². The Kier molecular flexibility index (Phi) is 7.18. The predicted octanol–water partition coefficient (Wildman–Crippen LogP) is 1.63. The molecule has 1 aromatic rings. The molecule has 0 spiro atoms. The molecule has 134 valence electrons. The van der Waals surface area contributed by atoms with Crippen LogP contribution >= 0.6 is 0 Å². The lowest BCUT2D eigenvalue weighted by Crippen LogP contribution is -2.35. The number of aliphatic imine (C=N–C) groups is 1. The third-order valence-electron chi connectivity index (χ3n) is 4.31. The van der Waals surface area contributed by atoms with Crippen LogP contribution in [0.4, 0.5) is 0 Å². The Morgan fingerprint density at radius 3 is 2.67 bits per heavy atom. The summed E-state index contributed by atoms with van der Waals surface area (Å²) in [7, 11) is 3.28. The molecule has 0 heterocycles. The molecule has 0 aromatic heterocycles. The normalized spacial score (nSPS) is 14.8. The second-order valence-corrected chi connectivity index (χ2v) is 5.99. The second kappa shape index (κ2) is 9.37. The van der Waals surface area contributed by atoms with Gasteiger partial charge in [-0.2, -0.15) is 0 Å². The fourth-order valence-corrected chi connectivity index (χ4v) is 2.76. The van der Waals surface area contributed by atoms with Gasteiger partial charge in [0.25, 0.3) is 0 Å². The van der Waals surface area contributed by atoms with Gasteiger partial charge in [0, 0.05) is 19.1 Å². The summed E-state index contributed by atoms with van der Waals surface area (Å²) in [6.45, 7) is 5.77. The molecule has 24 heavy (non-hydrogen) atoms. The molecule has 0 unspecified atom stereocenters. The Labute approximate surface area is 145 Å². The van der Waals surface area contributed by atoms with Crippen LogP contribution in [0.1, 0.15) is 25.3 Å². The molecule has 1 aliphatic carbocycles. The number of nitrogens with two attached hydrogens (primary N) is 1. The van der Waals surface area contributed by atoms with Gasteiger partial charge in [0.05, 0.1) is 20.8 Å². The van der Waals surface area contributed by atoms with Crippen molar-refractivity contribution in [2.24, 2.45) is 10.7 Å². The van der Waals surface area contributed by atoms with Crippen molar-refractivity contribution in [1.82, 2.24) is 10.2 Å². The lowest BCUT2D eigenvalue weighted by Gasteiger charge is -2.18. The SMILES string of the molecule is CCN(CCN=C(N)NCCc1ccc(OC)c(OC)c1)C1CC1. The van der Waals surface area contributed by atoms with Crippen LogP contribution in [0.5, 0.6) is 11.5 Å². The topological polar surface area (TPSA) is 72.1 Å². The molecule has 0 bridgehead atoms. The van der Waals surface area contributed by atoms with Gasteiger partial charge < -0.3 is 20.5 Å². The first-order chi connectivity index (χ1) is 11.7. The van der Waals surface area contributed by atoms with Crippen LogP contribution in [0.3, 0.4) is 0 Å². The summed E-state index contributed by atoms with van der Waals surface area (Å²) >= 11 is 0. The predicted molar refractivity (Wildman–Crippen MR) is 98.0 cm³/mol. The van der Waals surface area contributed by atoms with Gasteiger partial charge in [0.1, 0.15) is 0 Å². The molecular weight excluding hydrogens is 304 g/mol. The highest BCUT2D eigenvalue weighted by Crippen LogP contribution is 2.27. The second-order valence-electron chi connectivity index (χ2n) is 5.99. The average Bonchev–Trinajstić information content (AvgIpc) is 3.43. The number of hydrogen-bond donors (Lipinski definition) is 2. The molecule has 6 nitrogen and oxygen atoms in total. The maximum absolute atomic E-state index is 5.93. The van der Waals surface area contributed by atoms with E-state index in [-0.39, 0.29) is 0 Å². The summed E-state index contributed by atoms with van der Waals surface area (Å²) < 4.78 is 10.6. The molecule has 2 rings (SSSR count). The van der Waals surface area contributed by atoms with Crippen molar-refractivity contribution in [3.8, 4) is 11.5 Å². The number of rotatable bonds is 10. The maximum atomic E-state index is 5.93. The smallest absolute Gasteiger partial charge is 0.188 e. The van der Waals surface area contributed by atoms with E-state index in [0.717, 1.165) is 50.1 Å². The zero-order chi connectivity index (χ0) is 17.4. The van der Waals surface area contributed by atoms with Crippen molar-refractivity contribution in [1.29, 1.82) is 0 Å². The van der Waals surface area contributed by atoms with Crippen LogP contribution in [0.25, 0.3) is 0 Å². The molecule has 1 aliphatic rings. The Morgan fingerprint density at radius 2 is 2.04 bits per heavy atom. The number of ether oxygens (including phenoxy) is 2. The van der Waals surface area contributed by atoms with Gasteiger partial charge in [-0.1, -0.05) is 13.0 Å². The first kappa shape index (κ1) is 18.4. The van der Waals surface area contributed by atoms with Gasteiger partial charge in [-0.3, -0.25) is 9.89 Å². The quantitative estimate of drug-likeness (QED) is 0.503. The summed E-state index contributed by atoms with van der Waals surface area (Å²) in [5.74, 6) is 2.00.